The van der Waals surface area contributed by atoms with Crippen molar-refractivity contribution in [3.05, 3.63) is 81.9 Å². The van der Waals surface area contributed by atoms with Crippen LogP contribution < -0.4 is 5.32 Å². The van der Waals surface area contributed by atoms with Gasteiger partial charge < -0.3 is 5.32 Å². The van der Waals surface area contributed by atoms with Crippen molar-refractivity contribution in [2.45, 2.75) is 6.92 Å². The van der Waals surface area contributed by atoms with E-state index in [1.54, 1.807) is 19.1 Å². The maximum absolute atomic E-state index is 12.6. The number of hydrogen-bond donors (Lipinski definition) is 1. The van der Waals surface area contributed by atoms with Crippen LogP contribution in [-0.2, 0) is 0 Å². The summed E-state index contributed by atoms with van der Waals surface area (Å²) in [5, 5.41) is 15.5. The van der Waals surface area contributed by atoms with Gasteiger partial charge in [-0.2, -0.15) is 0 Å². The summed E-state index contributed by atoms with van der Waals surface area (Å²) in [6.07, 6.45) is 0. The van der Waals surface area contributed by atoms with Gasteiger partial charge in [0.2, 0.25) is 0 Å². The van der Waals surface area contributed by atoms with Crippen molar-refractivity contribution >= 4 is 28.1 Å². The molecule has 0 aromatic heterocycles. The molecule has 1 N–H and O–H groups in total. The zero-order valence-corrected chi connectivity index (χ0v) is 12.4. The molecule has 1 amide bonds. The minimum absolute atomic E-state index is 0.00524. The fourth-order valence-electron chi connectivity index (χ4n) is 2.51. The molecular formula is C18H14N2O3. The lowest BCUT2D eigenvalue weighted by Crippen LogP contribution is -2.13. The molecule has 0 radical (unpaired) electrons. The van der Waals surface area contributed by atoms with Gasteiger partial charge in [-0.25, -0.2) is 0 Å². The summed E-state index contributed by atoms with van der Waals surface area (Å²) >= 11 is 0. The Morgan fingerprint density at radius 2 is 1.78 bits per heavy atom. The summed E-state index contributed by atoms with van der Waals surface area (Å²) in [7, 11) is 0. The van der Waals surface area contributed by atoms with Gasteiger partial charge in [-0.3, -0.25) is 14.9 Å². The minimum atomic E-state index is -0.455. The molecule has 0 bridgehead atoms. The van der Waals surface area contributed by atoms with Crippen molar-refractivity contribution < 1.29 is 9.72 Å². The lowest BCUT2D eigenvalue weighted by Gasteiger charge is -2.10. The summed E-state index contributed by atoms with van der Waals surface area (Å²) in [4.78, 5) is 22.9. The first-order valence-electron chi connectivity index (χ1n) is 7.10. The number of nitro groups is 1. The fourth-order valence-corrected chi connectivity index (χ4v) is 2.51. The number of hydrogen-bond acceptors (Lipinski definition) is 3. The van der Waals surface area contributed by atoms with Crippen LogP contribution in [-0.4, -0.2) is 10.8 Å². The Hall–Kier alpha value is -3.21. The van der Waals surface area contributed by atoms with Crippen LogP contribution in [0.3, 0.4) is 0 Å². The van der Waals surface area contributed by atoms with Gasteiger partial charge in [-0.1, -0.05) is 36.4 Å². The van der Waals surface area contributed by atoms with E-state index in [1.165, 1.54) is 12.1 Å². The number of carbonyl (C=O) groups is 1. The predicted octanol–water partition coefficient (Wildman–Crippen LogP) is 4.31. The van der Waals surface area contributed by atoms with Crippen LogP contribution in [0, 0.1) is 17.0 Å². The first-order valence-corrected chi connectivity index (χ1v) is 7.10. The van der Waals surface area contributed by atoms with Gasteiger partial charge in [-0.15, -0.1) is 0 Å². The topological polar surface area (TPSA) is 72.2 Å². The van der Waals surface area contributed by atoms with Crippen molar-refractivity contribution in [3.63, 3.8) is 0 Å². The molecule has 0 unspecified atom stereocenters. The van der Waals surface area contributed by atoms with Gasteiger partial charge in [0, 0.05) is 23.4 Å². The fraction of sp³-hybridized carbons (Fsp3) is 0.0556. The second-order valence-electron chi connectivity index (χ2n) is 5.24. The molecule has 5 heteroatoms. The normalized spacial score (nSPS) is 10.5. The third kappa shape index (κ3) is 2.89. The zero-order valence-electron chi connectivity index (χ0n) is 12.4. The van der Waals surface area contributed by atoms with E-state index in [-0.39, 0.29) is 11.6 Å². The van der Waals surface area contributed by atoms with Gasteiger partial charge >= 0.3 is 0 Å². The van der Waals surface area contributed by atoms with E-state index in [0.29, 0.717) is 16.8 Å². The molecule has 5 nitrogen and oxygen atoms in total. The molecule has 3 aromatic rings. The molecule has 0 aliphatic carbocycles. The van der Waals surface area contributed by atoms with Crippen LogP contribution in [0.1, 0.15) is 15.9 Å². The molecule has 3 aromatic carbocycles. The quantitative estimate of drug-likeness (QED) is 0.579. The van der Waals surface area contributed by atoms with E-state index in [2.05, 4.69) is 5.32 Å². The number of nitrogens with zero attached hydrogens (tertiary/aromatic N) is 1. The number of anilines is 1. The first-order chi connectivity index (χ1) is 11.1. The Labute approximate surface area is 132 Å². The van der Waals surface area contributed by atoms with Crippen molar-refractivity contribution in [1.82, 2.24) is 0 Å². The maximum Gasteiger partial charge on any atom is 0.269 e. The molecule has 114 valence electrons. The number of nitrogens with one attached hydrogen (secondary N) is 1. The monoisotopic (exact) mass is 306 g/mol. The average Bonchev–Trinajstić information content (AvgIpc) is 2.56. The molecule has 23 heavy (non-hydrogen) atoms. The first kappa shape index (κ1) is 14.7. The van der Waals surface area contributed by atoms with Crippen LogP contribution >= 0.6 is 0 Å². The number of aryl methyl sites for hydroxylation is 1. The van der Waals surface area contributed by atoms with Gasteiger partial charge in [0.05, 0.1) is 4.92 Å². The third-order valence-electron chi connectivity index (χ3n) is 3.70. The molecule has 0 spiro atoms. The van der Waals surface area contributed by atoms with Crippen molar-refractivity contribution in [1.29, 1.82) is 0 Å². The van der Waals surface area contributed by atoms with E-state index in [4.69, 9.17) is 0 Å². The summed E-state index contributed by atoms with van der Waals surface area (Å²) in [6, 6.07) is 17.6. The summed E-state index contributed by atoms with van der Waals surface area (Å²) in [6.45, 7) is 1.73. The number of amides is 1. The third-order valence-corrected chi connectivity index (χ3v) is 3.70. The Morgan fingerprint density at radius 3 is 2.52 bits per heavy atom. The van der Waals surface area contributed by atoms with Gasteiger partial charge in [0.25, 0.3) is 11.6 Å². The highest BCUT2D eigenvalue weighted by atomic mass is 16.6. The second kappa shape index (κ2) is 5.88. The van der Waals surface area contributed by atoms with Crippen LogP contribution in [0.15, 0.2) is 60.7 Å². The minimum Gasteiger partial charge on any atom is -0.322 e. The van der Waals surface area contributed by atoms with E-state index in [0.717, 1.165) is 10.8 Å². The molecule has 0 saturated heterocycles. The zero-order chi connectivity index (χ0) is 16.4. The highest BCUT2D eigenvalue weighted by molar-refractivity contribution is 6.13. The lowest BCUT2D eigenvalue weighted by atomic mass is 10.0. The second-order valence-corrected chi connectivity index (χ2v) is 5.24. The van der Waals surface area contributed by atoms with Crippen LogP contribution in [0.5, 0.6) is 0 Å². The largest absolute Gasteiger partial charge is 0.322 e. The molecule has 3 rings (SSSR count). The smallest absolute Gasteiger partial charge is 0.269 e. The lowest BCUT2D eigenvalue weighted by molar-refractivity contribution is -0.384. The van der Waals surface area contributed by atoms with Crippen LogP contribution in [0.4, 0.5) is 11.4 Å². The Kier molecular flexibility index (Phi) is 3.76. The summed E-state index contributed by atoms with van der Waals surface area (Å²) in [5.74, 6) is -0.237. The Morgan fingerprint density at radius 1 is 1.04 bits per heavy atom. The van der Waals surface area contributed by atoms with Gasteiger partial charge in [-0.05, 0) is 35.4 Å². The number of carbonyl (C=O) groups excluding carboxylic acids is 1. The van der Waals surface area contributed by atoms with E-state index >= 15 is 0 Å². The van der Waals surface area contributed by atoms with E-state index in [1.807, 2.05) is 36.4 Å². The van der Waals surface area contributed by atoms with Crippen molar-refractivity contribution in [2.24, 2.45) is 0 Å². The van der Waals surface area contributed by atoms with Crippen molar-refractivity contribution in [2.75, 3.05) is 5.32 Å². The number of fused-ring (bicyclic) bond motifs is 1. The number of benzene rings is 3. The number of non-ortho nitro benzene ring substituents is 1. The van der Waals surface area contributed by atoms with E-state index in [9.17, 15) is 14.9 Å². The number of rotatable bonds is 3. The average molecular weight is 306 g/mol. The predicted molar refractivity (Wildman–Crippen MR) is 89.7 cm³/mol. The molecular weight excluding hydrogens is 292 g/mol. The van der Waals surface area contributed by atoms with Gasteiger partial charge in [0.15, 0.2) is 0 Å². The highest BCUT2D eigenvalue weighted by Crippen LogP contribution is 2.23. The molecule has 0 heterocycles. The van der Waals surface area contributed by atoms with Gasteiger partial charge in [0.1, 0.15) is 0 Å². The highest BCUT2D eigenvalue weighted by Gasteiger charge is 2.13. The number of nitro benzene ring substituents is 1. The Bertz CT molecular complexity index is 914. The molecule has 0 atom stereocenters. The SMILES string of the molecule is Cc1cc([N+](=O)[O-])ccc1NC(=O)c1cccc2ccccc12. The van der Waals surface area contributed by atoms with Crippen LogP contribution in [0.25, 0.3) is 10.8 Å². The van der Waals surface area contributed by atoms with Crippen molar-refractivity contribution in [3.8, 4) is 0 Å². The summed E-state index contributed by atoms with van der Waals surface area (Å²) < 4.78 is 0. The molecule has 0 aliphatic heterocycles. The van der Waals surface area contributed by atoms with Crippen LogP contribution in [0.2, 0.25) is 0 Å². The Balaban J connectivity index is 1.94. The molecule has 0 fully saturated rings. The standard InChI is InChI=1S/C18H14N2O3/c1-12-11-14(20(22)23)9-10-17(12)19-18(21)16-8-4-6-13-5-2-3-7-15(13)16/h2-11H,1H3,(H,19,21). The molecule has 0 aliphatic rings. The maximum atomic E-state index is 12.6. The van der Waals surface area contributed by atoms with E-state index < -0.39 is 4.92 Å². The molecule has 0 saturated carbocycles. The summed E-state index contributed by atoms with van der Waals surface area (Å²) in [5.41, 5.74) is 1.79.